The molecule has 0 saturated carbocycles. The normalized spacial score (nSPS) is 10.1. The van der Waals surface area contributed by atoms with Gasteiger partial charge in [0, 0.05) is 24.0 Å². The molecule has 0 unspecified atom stereocenters. The summed E-state index contributed by atoms with van der Waals surface area (Å²) in [6.07, 6.45) is 6.68. The Labute approximate surface area is 122 Å². The van der Waals surface area contributed by atoms with E-state index in [1.807, 2.05) is 17.5 Å². The number of rotatable bonds is 6. The molecule has 0 aliphatic rings. The first kappa shape index (κ1) is 15.3. The monoisotopic (exact) mass is 292 g/mol. The number of thiophene rings is 1. The second-order valence-electron chi connectivity index (χ2n) is 3.63. The summed E-state index contributed by atoms with van der Waals surface area (Å²) in [6, 6.07) is 3.87. The van der Waals surface area contributed by atoms with Gasteiger partial charge in [0.1, 0.15) is 0 Å². The van der Waals surface area contributed by atoms with Crippen LogP contribution in [0.2, 0.25) is 0 Å². The van der Waals surface area contributed by atoms with Gasteiger partial charge in [-0.3, -0.25) is 10.1 Å². The summed E-state index contributed by atoms with van der Waals surface area (Å²) in [5.74, 6) is -0.239. The molecule has 1 rings (SSSR count). The van der Waals surface area contributed by atoms with E-state index in [1.165, 1.54) is 6.08 Å². The van der Waals surface area contributed by atoms with Gasteiger partial charge in [0.15, 0.2) is 5.11 Å². The van der Waals surface area contributed by atoms with Crippen molar-refractivity contribution < 1.29 is 4.79 Å². The second-order valence-corrected chi connectivity index (χ2v) is 4.99. The Bertz CT molecular complexity index is 468. The number of thiocarbonyl (C=S) groups is 1. The van der Waals surface area contributed by atoms with E-state index in [1.54, 1.807) is 34.5 Å². The average Bonchev–Trinajstić information content (AvgIpc) is 2.89. The van der Waals surface area contributed by atoms with Crippen molar-refractivity contribution in [3.8, 4) is 0 Å². The van der Waals surface area contributed by atoms with E-state index in [0.29, 0.717) is 18.2 Å². The van der Waals surface area contributed by atoms with E-state index in [-0.39, 0.29) is 5.91 Å². The topological polar surface area (TPSA) is 32.3 Å². The molecule has 0 bridgehead atoms. The molecule has 1 N–H and O–H groups in total. The standard InChI is InChI=1S/C14H16N2OS2/c1-3-9-16(10-4-2)14(18)15-13(17)8-7-12-6-5-11-19-12/h3-8,11H,1-2,9-10H2,(H,15,17,18). The van der Waals surface area contributed by atoms with E-state index >= 15 is 0 Å². The molecule has 0 spiro atoms. The zero-order chi connectivity index (χ0) is 14.1. The predicted octanol–water partition coefficient (Wildman–Crippen LogP) is 2.84. The van der Waals surface area contributed by atoms with E-state index in [4.69, 9.17) is 12.2 Å². The van der Waals surface area contributed by atoms with Crippen molar-refractivity contribution >= 4 is 40.7 Å². The third-order valence-corrected chi connectivity index (χ3v) is 3.36. The molecule has 5 heteroatoms. The van der Waals surface area contributed by atoms with Crippen LogP contribution in [0, 0.1) is 0 Å². The minimum atomic E-state index is -0.239. The fraction of sp³-hybridized carbons (Fsp3) is 0.143. The number of hydrogen-bond donors (Lipinski definition) is 1. The van der Waals surface area contributed by atoms with Crippen molar-refractivity contribution in [3.05, 3.63) is 53.8 Å². The van der Waals surface area contributed by atoms with Crippen LogP contribution >= 0.6 is 23.6 Å². The first-order valence-electron chi connectivity index (χ1n) is 5.70. The van der Waals surface area contributed by atoms with Crippen molar-refractivity contribution in [2.45, 2.75) is 0 Å². The molecular weight excluding hydrogens is 276 g/mol. The summed E-state index contributed by atoms with van der Waals surface area (Å²) in [6.45, 7) is 8.45. The highest BCUT2D eigenvalue weighted by Crippen LogP contribution is 2.09. The molecule has 0 aliphatic carbocycles. The lowest BCUT2D eigenvalue weighted by Crippen LogP contribution is -2.42. The van der Waals surface area contributed by atoms with Gasteiger partial charge in [-0.1, -0.05) is 18.2 Å². The third-order valence-electron chi connectivity index (χ3n) is 2.16. The number of carbonyl (C=O) groups excluding carboxylic acids is 1. The Kier molecular flexibility index (Phi) is 6.78. The largest absolute Gasteiger partial charge is 0.342 e. The predicted molar refractivity (Wildman–Crippen MR) is 86.1 cm³/mol. The molecule has 19 heavy (non-hydrogen) atoms. The lowest BCUT2D eigenvalue weighted by Gasteiger charge is -2.21. The van der Waals surface area contributed by atoms with Crippen LogP contribution in [0.3, 0.4) is 0 Å². The van der Waals surface area contributed by atoms with Crippen LogP contribution in [0.15, 0.2) is 48.9 Å². The Hall–Kier alpha value is -1.72. The van der Waals surface area contributed by atoms with Crippen LogP contribution in [-0.2, 0) is 4.79 Å². The van der Waals surface area contributed by atoms with Crippen molar-refractivity contribution in [1.82, 2.24) is 10.2 Å². The van der Waals surface area contributed by atoms with Crippen LogP contribution in [0.1, 0.15) is 4.88 Å². The van der Waals surface area contributed by atoms with Gasteiger partial charge >= 0.3 is 0 Å². The summed E-state index contributed by atoms with van der Waals surface area (Å²) in [5, 5.41) is 4.98. The lowest BCUT2D eigenvalue weighted by atomic mass is 10.4. The van der Waals surface area contributed by atoms with Crippen molar-refractivity contribution in [3.63, 3.8) is 0 Å². The molecule has 0 fully saturated rings. The summed E-state index contributed by atoms with van der Waals surface area (Å²) >= 11 is 6.73. The first-order chi connectivity index (χ1) is 9.17. The SMILES string of the molecule is C=CCN(CC=C)C(=S)NC(=O)C=Cc1cccs1. The van der Waals surface area contributed by atoms with E-state index < -0.39 is 0 Å². The maximum atomic E-state index is 11.7. The van der Waals surface area contributed by atoms with Gasteiger partial charge in [-0.15, -0.1) is 24.5 Å². The summed E-state index contributed by atoms with van der Waals surface area (Å²) < 4.78 is 0. The molecule has 0 saturated heterocycles. The van der Waals surface area contributed by atoms with E-state index in [9.17, 15) is 4.79 Å². The van der Waals surface area contributed by atoms with Gasteiger partial charge in [-0.25, -0.2) is 0 Å². The average molecular weight is 292 g/mol. The van der Waals surface area contributed by atoms with Crippen LogP contribution < -0.4 is 5.32 Å². The number of nitrogens with one attached hydrogen (secondary N) is 1. The number of amides is 1. The summed E-state index contributed by atoms with van der Waals surface area (Å²) in [4.78, 5) is 14.5. The maximum Gasteiger partial charge on any atom is 0.250 e. The molecule has 100 valence electrons. The smallest absolute Gasteiger partial charge is 0.250 e. The van der Waals surface area contributed by atoms with E-state index in [2.05, 4.69) is 18.5 Å². The summed E-state index contributed by atoms with van der Waals surface area (Å²) in [7, 11) is 0. The highest BCUT2D eigenvalue weighted by Gasteiger charge is 2.08. The van der Waals surface area contributed by atoms with Crippen molar-refractivity contribution in [2.24, 2.45) is 0 Å². The zero-order valence-electron chi connectivity index (χ0n) is 10.5. The Morgan fingerprint density at radius 3 is 2.63 bits per heavy atom. The Balaban J connectivity index is 2.52. The maximum absolute atomic E-state index is 11.7. The molecule has 1 aromatic heterocycles. The highest BCUT2D eigenvalue weighted by atomic mass is 32.1. The van der Waals surface area contributed by atoms with Gasteiger partial charge in [-0.2, -0.15) is 0 Å². The molecular formula is C14H16N2OS2. The fourth-order valence-electron chi connectivity index (χ4n) is 1.32. The number of carbonyl (C=O) groups is 1. The third kappa shape index (κ3) is 5.63. The molecule has 0 aromatic carbocycles. The van der Waals surface area contributed by atoms with Crippen molar-refractivity contribution in [1.29, 1.82) is 0 Å². The molecule has 0 atom stereocenters. The van der Waals surface area contributed by atoms with Crippen LogP contribution in [-0.4, -0.2) is 29.0 Å². The van der Waals surface area contributed by atoms with Gasteiger partial charge in [0.05, 0.1) is 0 Å². The molecule has 1 aromatic rings. The minimum Gasteiger partial charge on any atom is -0.342 e. The summed E-state index contributed by atoms with van der Waals surface area (Å²) in [5.41, 5.74) is 0. The number of nitrogens with zero attached hydrogens (tertiary/aromatic N) is 1. The Morgan fingerprint density at radius 1 is 1.42 bits per heavy atom. The van der Waals surface area contributed by atoms with Gasteiger partial charge < -0.3 is 4.90 Å². The highest BCUT2D eigenvalue weighted by molar-refractivity contribution is 7.80. The quantitative estimate of drug-likeness (QED) is 0.497. The van der Waals surface area contributed by atoms with E-state index in [0.717, 1.165) is 4.88 Å². The zero-order valence-corrected chi connectivity index (χ0v) is 12.2. The van der Waals surface area contributed by atoms with Crippen LogP contribution in [0.5, 0.6) is 0 Å². The second kappa shape index (κ2) is 8.39. The fourth-order valence-corrected chi connectivity index (χ4v) is 2.19. The molecule has 3 nitrogen and oxygen atoms in total. The minimum absolute atomic E-state index is 0.239. The van der Waals surface area contributed by atoms with Crippen LogP contribution in [0.25, 0.3) is 6.08 Å². The van der Waals surface area contributed by atoms with Gasteiger partial charge in [-0.05, 0) is 29.7 Å². The van der Waals surface area contributed by atoms with Gasteiger partial charge in [0.25, 0.3) is 0 Å². The number of hydrogen-bond acceptors (Lipinski definition) is 3. The molecule has 1 heterocycles. The molecule has 1 amide bonds. The molecule has 0 aliphatic heterocycles. The van der Waals surface area contributed by atoms with Crippen molar-refractivity contribution in [2.75, 3.05) is 13.1 Å². The lowest BCUT2D eigenvalue weighted by molar-refractivity contribution is -0.115. The van der Waals surface area contributed by atoms with Crippen LogP contribution in [0.4, 0.5) is 0 Å². The first-order valence-corrected chi connectivity index (χ1v) is 6.99. The Morgan fingerprint density at radius 2 is 2.11 bits per heavy atom. The molecule has 0 radical (unpaired) electrons. The van der Waals surface area contributed by atoms with Gasteiger partial charge in [0.2, 0.25) is 5.91 Å².